The van der Waals surface area contributed by atoms with Crippen molar-refractivity contribution in [2.75, 3.05) is 0 Å². The van der Waals surface area contributed by atoms with Crippen molar-refractivity contribution in [3.05, 3.63) is 58.9 Å². The molecule has 0 bridgehead atoms. The normalized spacial score (nSPS) is 11.9. The van der Waals surface area contributed by atoms with Gasteiger partial charge in [0.1, 0.15) is 0 Å². The Morgan fingerprint density at radius 1 is 1.17 bits per heavy atom. The van der Waals surface area contributed by atoms with Crippen LogP contribution in [0.25, 0.3) is 5.70 Å². The summed E-state index contributed by atoms with van der Waals surface area (Å²) < 4.78 is 2.01. The fourth-order valence-corrected chi connectivity index (χ4v) is 2.03. The first-order chi connectivity index (χ1) is 8.59. The monoisotopic (exact) mass is 240 g/mol. The smallest absolute Gasteiger partial charge is 0.0526 e. The van der Waals surface area contributed by atoms with Gasteiger partial charge < -0.3 is 0 Å². The zero-order valence-corrected chi connectivity index (χ0v) is 11.6. The van der Waals surface area contributed by atoms with Gasteiger partial charge in [0.25, 0.3) is 0 Å². The molecule has 0 unspecified atom stereocenters. The summed E-state index contributed by atoms with van der Waals surface area (Å²) in [6.07, 6.45) is 5.11. The topological polar surface area (TPSA) is 17.8 Å². The van der Waals surface area contributed by atoms with Crippen molar-refractivity contribution >= 4 is 5.70 Å². The van der Waals surface area contributed by atoms with E-state index >= 15 is 0 Å². The van der Waals surface area contributed by atoms with Gasteiger partial charge in [0.15, 0.2) is 0 Å². The van der Waals surface area contributed by atoms with Gasteiger partial charge in [-0.05, 0) is 50.8 Å². The number of hydrogen-bond donors (Lipinski definition) is 0. The molecule has 0 aliphatic carbocycles. The lowest BCUT2D eigenvalue weighted by molar-refractivity contribution is 0.856. The number of aryl methyl sites for hydroxylation is 2. The summed E-state index contributed by atoms with van der Waals surface area (Å²) in [6, 6.07) is 8.51. The molecule has 0 aliphatic heterocycles. The van der Waals surface area contributed by atoms with Crippen LogP contribution in [0.15, 0.2) is 36.5 Å². The SMILES string of the molecule is C/C(=C/Cc1ccccc1C)n1ncc(C)c1C. The van der Waals surface area contributed by atoms with Crippen LogP contribution in [0.1, 0.15) is 29.3 Å². The van der Waals surface area contributed by atoms with E-state index in [0.29, 0.717) is 0 Å². The van der Waals surface area contributed by atoms with Crippen LogP contribution >= 0.6 is 0 Å². The molecule has 0 fully saturated rings. The maximum Gasteiger partial charge on any atom is 0.0526 e. The Morgan fingerprint density at radius 3 is 2.50 bits per heavy atom. The number of hydrogen-bond acceptors (Lipinski definition) is 1. The number of nitrogens with zero attached hydrogens (tertiary/aromatic N) is 2. The Labute approximate surface area is 109 Å². The van der Waals surface area contributed by atoms with Crippen LogP contribution in [0.2, 0.25) is 0 Å². The van der Waals surface area contributed by atoms with Gasteiger partial charge in [0, 0.05) is 11.4 Å². The third-order valence-corrected chi connectivity index (χ3v) is 3.47. The van der Waals surface area contributed by atoms with Gasteiger partial charge in [-0.1, -0.05) is 30.3 Å². The number of benzene rings is 1. The summed E-state index contributed by atoms with van der Waals surface area (Å²) in [5.74, 6) is 0. The molecule has 0 atom stereocenters. The van der Waals surface area contributed by atoms with Gasteiger partial charge >= 0.3 is 0 Å². The lowest BCUT2D eigenvalue weighted by Gasteiger charge is -2.06. The Bertz CT molecular complexity index is 577. The summed E-state index contributed by atoms with van der Waals surface area (Å²) >= 11 is 0. The van der Waals surface area contributed by atoms with Crippen LogP contribution < -0.4 is 0 Å². The lowest BCUT2D eigenvalue weighted by atomic mass is 10.1. The average Bonchev–Trinajstić information content (AvgIpc) is 2.69. The van der Waals surface area contributed by atoms with Crippen molar-refractivity contribution in [1.29, 1.82) is 0 Å². The van der Waals surface area contributed by atoms with Gasteiger partial charge in [-0.3, -0.25) is 0 Å². The summed E-state index contributed by atoms with van der Waals surface area (Å²) in [7, 11) is 0. The fourth-order valence-electron chi connectivity index (χ4n) is 2.03. The highest BCUT2D eigenvalue weighted by molar-refractivity contribution is 5.45. The molecule has 0 saturated carbocycles. The van der Waals surface area contributed by atoms with E-state index in [1.165, 1.54) is 28.1 Å². The van der Waals surface area contributed by atoms with E-state index in [1.54, 1.807) is 0 Å². The Kier molecular flexibility index (Phi) is 3.66. The maximum atomic E-state index is 4.40. The van der Waals surface area contributed by atoms with Gasteiger partial charge in [0.05, 0.1) is 6.20 Å². The van der Waals surface area contributed by atoms with E-state index in [9.17, 15) is 0 Å². The van der Waals surface area contributed by atoms with E-state index in [2.05, 4.69) is 63.1 Å². The first kappa shape index (κ1) is 12.6. The quantitative estimate of drug-likeness (QED) is 0.795. The highest BCUT2D eigenvalue weighted by Crippen LogP contribution is 2.14. The van der Waals surface area contributed by atoms with Crippen LogP contribution in [0.4, 0.5) is 0 Å². The van der Waals surface area contributed by atoms with Crippen LogP contribution in [0.5, 0.6) is 0 Å². The maximum absolute atomic E-state index is 4.40. The molecular formula is C16H20N2. The second-order valence-electron chi connectivity index (χ2n) is 4.80. The summed E-state index contributed by atoms with van der Waals surface area (Å²) in [5, 5.41) is 4.40. The van der Waals surface area contributed by atoms with Crippen LogP contribution in [0, 0.1) is 20.8 Å². The average molecular weight is 240 g/mol. The molecule has 2 heteroatoms. The highest BCUT2D eigenvalue weighted by atomic mass is 15.3. The van der Waals surface area contributed by atoms with Crippen molar-refractivity contribution in [2.45, 2.75) is 34.1 Å². The molecule has 1 heterocycles. The molecule has 0 amide bonds. The van der Waals surface area contributed by atoms with Crippen molar-refractivity contribution in [3.63, 3.8) is 0 Å². The Balaban J connectivity index is 2.20. The van der Waals surface area contributed by atoms with E-state index in [-0.39, 0.29) is 0 Å². The predicted molar refractivity (Wildman–Crippen MR) is 76.5 cm³/mol. The molecule has 2 rings (SSSR count). The van der Waals surface area contributed by atoms with Crippen molar-refractivity contribution in [2.24, 2.45) is 0 Å². The largest absolute Gasteiger partial charge is 0.243 e. The molecule has 0 N–H and O–H groups in total. The summed E-state index contributed by atoms with van der Waals surface area (Å²) in [5.41, 5.74) is 6.35. The van der Waals surface area contributed by atoms with Crippen LogP contribution in [0.3, 0.4) is 0 Å². The first-order valence-corrected chi connectivity index (χ1v) is 6.32. The number of aromatic nitrogens is 2. The summed E-state index contributed by atoms with van der Waals surface area (Å²) in [6.45, 7) is 8.46. The van der Waals surface area contributed by atoms with Crippen molar-refractivity contribution in [3.8, 4) is 0 Å². The molecule has 94 valence electrons. The molecule has 0 aliphatic rings. The van der Waals surface area contributed by atoms with Gasteiger partial charge in [0.2, 0.25) is 0 Å². The molecule has 0 saturated heterocycles. The summed E-state index contributed by atoms with van der Waals surface area (Å²) in [4.78, 5) is 0. The zero-order chi connectivity index (χ0) is 13.1. The second-order valence-corrected chi connectivity index (χ2v) is 4.80. The van der Waals surface area contributed by atoms with Crippen molar-refractivity contribution in [1.82, 2.24) is 9.78 Å². The molecule has 18 heavy (non-hydrogen) atoms. The second kappa shape index (κ2) is 5.21. The minimum absolute atomic E-state index is 0.955. The van der Waals surface area contributed by atoms with Gasteiger partial charge in [-0.2, -0.15) is 5.10 Å². The van der Waals surface area contributed by atoms with E-state index in [4.69, 9.17) is 0 Å². The number of rotatable bonds is 3. The molecule has 0 radical (unpaired) electrons. The van der Waals surface area contributed by atoms with Crippen LogP contribution in [-0.2, 0) is 6.42 Å². The minimum Gasteiger partial charge on any atom is -0.243 e. The molecule has 2 aromatic rings. The van der Waals surface area contributed by atoms with Crippen molar-refractivity contribution < 1.29 is 0 Å². The van der Waals surface area contributed by atoms with Gasteiger partial charge in [-0.25, -0.2) is 4.68 Å². The Morgan fingerprint density at radius 2 is 1.89 bits per heavy atom. The predicted octanol–water partition coefficient (Wildman–Crippen LogP) is 3.91. The standard InChI is InChI=1S/C16H20N2/c1-12-7-5-6-8-16(12)10-9-14(3)18-15(4)13(2)11-17-18/h5-9,11H,10H2,1-4H3/b14-9-. The fraction of sp³-hybridized carbons (Fsp3) is 0.312. The third-order valence-electron chi connectivity index (χ3n) is 3.47. The molecular weight excluding hydrogens is 220 g/mol. The van der Waals surface area contributed by atoms with Gasteiger partial charge in [-0.15, -0.1) is 0 Å². The van der Waals surface area contributed by atoms with E-state index in [0.717, 1.165) is 6.42 Å². The van der Waals surface area contributed by atoms with E-state index in [1.807, 2.05) is 10.9 Å². The van der Waals surface area contributed by atoms with Crippen LogP contribution in [-0.4, -0.2) is 9.78 Å². The molecule has 2 nitrogen and oxygen atoms in total. The zero-order valence-electron chi connectivity index (χ0n) is 11.6. The first-order valence-electron chi connectivity index (χ1n) is 6.32. The Hall–Kier alpha value is -1.83. The van der Waals surface area contributed by atoms with E-state index < -0.39 is 0 Å². The lowest BCUT2D eigenvalue weighted by Crippen LogP contribution is -1.99. The third kappa shape index (κ3) is 2.53. The highest BCUT2D eigenvalue weighted by Gasteiger charge is 2.03. The molecule has 1 aromatic carbocycles. The minimum atomic E-state index is 0.955. The molecule has 1 aromatic heterocycles. The molecule has 0 spiro atoms. The number of allylic oxidation sites excluding steroid dienone is 2.